The molecular formula is C43H53N9O8. The van der Waals surface area contributed by atoms with Gasteiger partial charge in [-0.1, -0.05) is 73.7 Å². The van der Waals surface area contributed by atoms with Crippen molar-refractivity contribution in [2.75, 3.05) is 19.0 Å². The quantitative estimate of drug-likeness (QED) is 0.128. The summed E-state index contributed by atoms with van der Waals surface area (Å²) in [7, 11) is 1.62. The van der Waals surface area contributed by atoms with Gasteiger partial charge in [0.05, 0.1) is 18.3 Å². The summed E-state index contributed by atoms with van der Waals surface area (Å²) in [6.45, 7) is 5.85. The van der Waals surface area contributed by atoms with Crippen LogP contribution in [0, 0.1) is 5.92 Å². The summed E-state index contributed by atoms with van der Waals surface area (Å²) in [6, 6.07) is 17.0. The van der Waals surface area contributed by atoms with Crippen molar-refractivity contribution < 1.29 is 38.6 Å². The number of likely N-dealkylation sites (N-methyl/N-ethyl adjacent to an activating group) is 1. The molecule has 5 amide bonds. The molecule has 4 aliphatic rings. The first-order valence-corrected chi connectivity index (χ1v) is 19.9. The Hall–Kier alpha value is -6.62. The molecule has 1 aromatic heterocycles. The predicted molar refractivity (Wildman–Crippen MR) is 222 cm³/mol. The van der Waals surface area contributed by atoms with Gasteiger partial charge < -0.3 is 41.7 Å². The normalized spacial score (nSPS) is 19.1. The summed E-state index contributed by atoms with van der Waals surface area (Å²) in [5, 5.41) is 35.1. The van der Waals surface area contributed by atoms with E-state index in [1.54, 1.807) is 118 Å². The number of aliphatic carboxylic acids is 1. The highest BCUT2D eigenvalue weighted by Crippen LogP contribution is 2.16. The number of carbonyl (C=O) groups excluding carboxylic acids is 5. The lowest BCUT2D eigenvalue weighted by Crippen LogP contribution is -2.60. The Balaban J connectivity index is 1.46. The molecule has 5 heterocycles. The number of hydrogen-bond donors (Lipinski definition) is 7. The van der Waals surface area contributed by atoms with Crippen molar-refractivity contribution in [3.8, 4) is 5.75 Å². The lowest BCUT2D eigenvalue weighted by atomic mass is 9.99. The van der Waals surface area contributed by atoms with Crippen LogP contribution >= 0.6 is 0 Å². The third kappa shape index (κ3) is 13.2. The molecule has 0 saturated carbocycles. The Labute approximate surface area is 348 Å². The van der Waals surface area contributed by atoms with E-state index >= 15 is 0 Å². The number of nitrogens with one attached hydrogen (secondary N) is 6. The zero-order valence-electron chi connectivity index (χ0n) is 34.1. The highest BCUT2D eigenvalue weighted by molar-refractivity contribution is 5.96. The molecule has 4 aromatic rings. The topological polar surface area (TPSA) is 235 Å². The standard InChI is InChI=1S/C43H53N9O8/c1-26(2)38(49-39(54)27(3)44-4)42(57)47-35-23-30-12-17-33(18-13-30)60-21-20-52-25-32(50-51-52)16-19-37(53)45-31-14-10-29(11-15-31)24-36(43(58)59)48-41(56)34(46-40(35)55)22-28-8-6-5-7-9-28/h5-15,17-18,25-27,34-36,38,44H,16,19-24H2,1-4H3,(H,45,53)(H,46,55)(H,47,57)(H,48,56)(H,49,54)(H,58,59). The van der Waals surface area contributed by atoms with Crippen LogP contribution in [0.25, 0.3) is 0 Å². The Bertz CT molecular complexity index is 2090. The van der Waals surface area contributed by atoms with Gasteiger partial charge in [-0.25, -0.2) is 9.48 Å². The maximum atomic E-state index is 14.3. The van der Waals surface area contributed by atoms with E-state index in [0.717, 1.165) is 0 Å². The molecule has 4 aliphatic heterocycles. The molecule has 0 spiro atoms. The van der Waals surface area contributed by atoms with E-state index in [4.69, 9.17) is 4.74 Å². The molecule has 318 valence electrons. The molecule has 17 nitrogen and oxygen atoms in total. The second kappa shape index (κ2) is 21.4. The van der Waals surface area contributed by atoms with Gasteiger partial charge in [-0.3, -0.25) is 24.0 Å². The zero-order chi connectivity index (χ0) is 43.2. The Morgan fingerprint density at radius 2 is 1.55 bits per heavy atom. The molecule has 60 heavy (non-hydrogen) atoms. The van der Waals surface area contributed by atoms with E-state index in [9.17, 15) is 33.9 Å². The molecule has 0 fully saturated rings. The average Bonchev–Trinajstić information content (AvgIpc) is 3.69. The van der Waals surface area contributed by atoms with Crippen molar-refractivity contribution in [3.05, 3.63) is 107 Å². The fourth-order valence-electron chi connectivity index (χ4n) is 6.42. The van der Waals surface area contributed by atoms with E-state index in [2.05, 4.69) is 42.2 Å². The number of amides is 5. The van der Waals surface area contributed by atoms with Crippen LogP contribution in [0.2, 0.25) is 0 Å². The summed E-state index contributed by atoms with van der Waals surface area (Å²) in [5.41, 5.74) is 3.06. The van der Waals surface area contributed by atoms with Crippen LogP contribution in [0.5, 0.6) is 5.75 Å². The molecule has 5 atom stereocenters. The highest BCUT2D eigenvalue weighted by atomic mass is 16.5. The highest BCUT2D eigenvalue weighted by Gasteiger charge is 2.33. The Morgan fingerprint density at radius 1 is 0.867 bits per heavy atom. The van der Waals surface area contributed by atoms with E-state index in [1.165, 1.54) is 0 Å². The number of benzene rings is 3. The second-order valence-electron chi connectivity index (χ2n) is 15.1. The smallest absolute Gasteiger partial charge is 0.326 e. The van der Waals surface area contributed by atoms with E-state index < -0.39 is 59.8 Å². The maximum Gasteiger partial charge on any atom is 0.326 e. The summed E-state index contributed by atoms with van der Waals surface area (Å²) >= 11 is 0. The number of nitrogens with zero attached hydrogens (tertiary/aromatic N) is 3. The van der Waals surface area contributed by atoms with Crippen LogP contribution in [0.15, 0.2) is 85.1 Å². The fraction of sp³-hybridized carbons (Fsp3) is 0.395. The third-order valence-electron chi connectivity index (χ3n) is 10.1. The van der Waals surface area contributed by atoms with Crippen LogP contribution in [0.4, 0.5) is 5.69 Å². The summed E-state index contributed by atoms with van der Waals surface area (Å²) in [5.74, 6) is -3.80. The Morgan fingerprint density at radius 3 is 2.22 bits per heavy atom. The average molecular weight is 824 g/mol. The fourth-order valence-corrected chi connectivity index (χ4v) is 6.42. The third-order valence-corrected chi connectivity index (χ3v) is 10.1. The van der Waals surface area contributed by atoms with E-state index in [1.807, 2.05) is 0 Å². The van der Waals surface area contributed by atoms with Gasteiger partial charge in [0.25, 0.3) is 0 Å². The molecule has 8 rings (SSSR count). The number of ether oxygens (including phenoxy) is 1. The van der Waals surface area contributed by atoms with Gasteiger partial charge in [-0.15, -0.1) is 5.10 Å². The van der Waals surface area contributed by atoms with Crippen LogP contribution in [-0.2, 0) is 61.0 Å². The number of rotatable bonds is 9. The van der Waals surface area contributed by atoms with Crippen molar-refractivity contribution in [2.45, 2.75) is 89.6 Å². The molecule has 0 radical (unpaired) electrons. The molecule has 6 bridgehead atoms. The SMILES string of the molecule is CNC(C)C(=O)NC(C(=O)NC1Cc2ccc(cc2)OCCn2cc(nn2)CCC(=O)Nc2ccc(cc2)CC(C(=O)O)NC(=O)C(Cc2ccccc2)NC1=O)C(C)C. The van der Waals surface area contributed by atoms with Crippen molar-refractivity contribution in [1.82, 2.24) is 41.6 Å². The number of aryl methyl sites for hydroxylation is 1. The Kier molecular flexibility index (Phi) is 15.9. The van der Waals surface area contributed by atoms with Crippen molar-refractivity contribution in [2.24, 2.45) is 5.92 Å². The van der Waals surface area contributed by atoms with E-state index in [0.29, 0.717) is 46.8 Å². The first-order chi connectivity index (χ1) is 28.8. The largest absolute Gasteiger partial charge is 0.492 e. The molecule has 0 aliphatic carbocycles. The number of aromatic nitrogens is 3. The van der Waals surface area contributed by atoms with Gasteiger partial charge in [0.1, 0.15) is 36.5 Å². The first kappa shape index (κ1) is 44.5. The molecule has 5 unspecified atom stereocenters. The van der Waals surface area contributed by atoms with Crippen molar-refractivity contribution >= 4 is 41.2 Å². The predicted octanol–water partition coefficient (Wildman–Crippen LogP) is 1.56. The van der Waals surface area contributed by atoms with Gasteiger partial charge in [-0.2, -0.15) is 0 Å². The minimum absolute atomic E-state index is 0.00392. The summed E-state index contributed by atoms with van der Waals surface area (Å²) < 4.78 is 7.56. The van der Waals surface area contributed by atoms with Gasteiger partial charge in [0, 0.05) is 44.0 Å². The van der Waals surface area contributed by atoms with Gasteiger partial charge >= 0.3 is 5.97 Å². The first-order valence-electron chi connectivity index (χ1n) is 19.9. The number of carboxylic acids is 1. The van der Waals surface area contributed by atoms with Crippen molar-refractivity contribution in [3.63, 3.8) is 0 Å². The number of hydrogen-bond acceptors (Lipinski definition) is 10. The molecule has 17 heteroatoms. The zero-order valence-corrected chi connectivity index (χ0v) is 34.1. The lowest BCUT2D eigenvalue weighted by molar-refractivity contribution is -0.142. The van der Waals surface area contributed by atoms with Gasteiger partial charge in [-0.05, 0) is 60.8 Å². The van der Waals surface area contributed by atoms with Crippen LogP contribution in [0.1, 0.15) is 49.6 Å². The number of carbonyl (C=O) groups is 6. The van der Waals surface area contributed by atoms with E-state index in [-0.39, 0.29) is 44.1 Å². The van der Waals surface area contributed by atoms with Crippen LogP contribution in [0.3, 0.4) is 0 Å². The van der Waals surface area contributed by atoms with Crippen LogP contribution < -0.4 is 36.6 Å². The second-order valence-corrected chi connectivity index (χ2v) is 15.1. The molecule has 3 aromatic carbocycles. The number of anilines is 1. The minimum atomic E-state index is -1.38. The molecule has 7 N–H and O–H groups in total. The monoisotopic (exact) mass is 823 g/mol. The number of carboxylic acid groups (broad SMARTS) is 1. The maximum absolute atomic E-state index is 14.3. The van der Waals surface area contributed by atoms with Gasteiger partial charge in [0.2, 0.25) is 29.5 Å². The molecular weight excluding hydrogens is 771 g/mol. The van der Waals surface area contributed by atoms with Crippen LogP contribution in [-0.4, -0.2) is 99.5 Å². The molecule has 0 saturated heterocycles. The van der Waals surface area contributed by atoms with Gasteiger partial charge in [0.15, 0.2) is 0 Å². The summed E-state index contributed by atoms with van der Waals surface area (Å²) in [6.07, 6.45) is 2.18. The van der Waals surface area contributed by atoms with Crippen molar-refractivity contribution in [1.29, 1.82) is 0 Å². The lowest BCUT2D eigenvalue weighted by Gasteiger charge is -2.28. The minimum Gasteiger partial charge on any atom is -0.492 e. The summed E-state index contributed by atoms with van der Waals surface area (Å²) in [4.78, 5) is 80.3.